The molecule has 0 nitrogen and oxygen atoms in total. The van der Waals surface area contributed by atoms with Gasteiger partial charge in [-0.2, -0.15) is 0 Å². The Labute approximate surface area is 94.7 Å². The van der Waals surface area contributed by atoms with Crippen LogP contribution in [0.3, 0.4) is 0 Å². The minimum atomic E-state index is 0.278. The first-order chi connectivity index (χ1) is 6.21. The molecule has 0 N–H and O–H groups in total. The fraction of sp³-hybridized carbons (Fsp3) is 0.636. The molecular weight excluding hydrogens is 292 g/mol. The highest BCUT2D eigenvalue weighted by Gasteiger charge is 2.75. The summed E-state index contributed by atoms with van der Waals surface area (Å²) in [6.07, 6.45) is 9.74. The lowest BCUT2D eigenvalue weighted by Crippen LogP contribution is -2.20. The molecule has 0 aromatic carbocycles. The van der Waals surface area contributed by atoms with Crippen LogP contribution in [0.1, 0.15) is 0 Å². The van der Waals surface area contributed by atoms with Gasteiger partial charge >= 0.3 is 0 Å². The SMILES string of the molecule is BrC1(Br)[C@H]2[C@H]1[C@H]1C=CC3C=C[C@@H]2C31. The summed E-state index contributed by atoms with van der Waals surface area (Å²) >= 11 is 7.63. The smallest absolute Gasteiger partial charge is 0.0841 e. The van der Waals surface area contributed by atoms with E-state index in [1.807, 2.05) is 0 Å². The summed E-state index contributed by atoms with van der Waals surface area (Å²) in [5.41, 5.74) is 0. The summed E-state index contributed by atoms with van der Waals surface area (Å²) in [6.45, 7) is 0. The molecule has 2 saturated carbocycles. The van der Waals surface area contributed by atoms with E-state index in [1.54, 1.807) is 0 Å². The number of allylic oxidation sites excluding steroid dienone is 4. The average molecular weight is 302 g/mol. The first-order valence-corrected chi connectivity index (χ1v) is 6.54. The lowest BCUT2D eigenvalue weighted by Gasteiger charge is -2.22. The third-order valence-corrected chi connectivity index (χ3v) is 6.56. The van der Waals surface area contributed by atoms with Crippen molar-refractivity contribution in [1.82, 2.24) is 0 Å². The molecule has 0 heterocycles. The molecule has 68 valence electrons. The van der Waals surface area contributed by atoms with Gasteiger partial charge in [0.2, 0.25) is 0 Å². The van der Waals surface area contributed by atoms with E-state index in [1.165, 1.54) is 0 Å². The Morgan fingerprint density at radius 2 is 1.38 bits per heavy atom. The van der Waals surface area contributed by atoms with E-state index in [2.05, 4.69) is 56.2 Å². The predicted molar refractivity (Wildman–Crippen MR) is 59.8 cm³/mol. The van der Waals surface area contributed by atoms with Gasteiger partial charge in [0.1, 0.15) is 0 Å². The molecule has 0 saturated heterocycles. The van der Waals surface area contributed by atoms with Gasteiger partial charge in [0.05, 0.1) is 3.23 Å². The Balaban J connectivity index is 1.85. The molecule has 0 aromatic heterocycles. The summed E-state index contributed by atoms with van der Waals surface area (Å²) in [7, 11) is 0. The first-order valence-electron chi connectivity index (χ1n) is 4.96. The molecule has 4 aliphatic rings. The topological polar surface area (TPSA) is 0 Å². The van der Waals surface area contributed by atoms with Crippen molar-refractivity contribution in [2.24, 2.45) is 35.5 Å². The van der Waals surface area contributed by atoms with Crippen LogP contribution in [0.15, 0.2) is 24.3 Å². The van der Waals surface area contributed by atoms with E-state index >= 15 is 0 Å². The zero-order valence-corrected chi connectivity index (χ0v) is 10.2. The van der Waals surface area contributed by atoms with Gasteiger partial charge in [0, 0.05) is 0 Å². The number of hydrogen-bond donors (Lipinski definition) is 0. The Morgan fingerprint density at radius 1 is 0.846 bits per heavy atom. The number of hydrogen-bond acceptors (Lipinski definition) is 0. The average Bonchev–Trinajstić information content (AvgIpc) is 2.56. The third-order valence-electron chi connectivity index (χ3n) is 4.44. The molecule has 6 atom stereocenters. The molecule has 0 bridgehead atoms. The van der Waals surface area contributed by atoms with Gasteiger partial charge in [-0.3, -0.25) is 0 Å². The number of halogens is 2. The van der Waals surface area contributed by atoms with Crippen LogP contribution in [0.5, 0.6) is 0 Å². The van der Waals surface area contributed by atoms with E-state index in [4.69, 9.17) is 0 Å². The highest BCUT2D eigenvalue weighted by atomic mass is 79.9. The van der Waals surface area contributed by atoms with Crippen molar-refractivity contribution in [3.8, 4) is 0 Å². The van der Waals surface area contributed by atoms with Gasteiger partial charge < -0.3 is 0 Å². The Kier molecular flexibility index (Phi) is 1.19. The molecule has 4 aliphatic carbocycles. The molecule has 0 aromatic rings. The zero-order chi connectivity index (χ0) is 8.79. The number of fused-ring (bicyclic) bond motifs is 3. The second-order valence-electron chi connectivity index (χ2n) is 4.81. The quantitative estimate of drug-likeness (QED) is 0.475. The fourth-order valence-corrected chi connectivity index (χ4v) is 6.04. The van der Waals surface area contributed by atoms with Crippen LogP contribution in [0.25, 0.3) is 0 Å². The van der Waals surface area contributed by atoms with Crippen LogP contribution in [-0.4, -0.2) is 3.23 Å². The monoisotopic (exact) mass is 300 g/mol. The fourth-order valence-electron chi connectivity index (χ4n) is 3.95. The third kappa shape index (κ3) is 0.687. The van der Waals surface area contributed by atoms with Crippen molar-refractivity contribution >= 4 is 31.9 Å². The lowest BCUT2D eigenvalue weighted by atomic mass is 9.85. The normalized spacial score (nSPS) is 62.6. The lowest BCUT2D eigenvalue weighted by molar-refractivity contribution is 0.342. The molecule has 13 heavy (non-hydrogen) atoms. The molecule has 2 unspecified atom stereocenters. The molecule has 0 radical (unpaired) electrons. The highest BCUT2D eigenvalue weighted by Crippen LogP contribution is 2.78. The van der Waals surface area contributed by atoms with Gasteiger partial charge in [-0.05, 0) is 35.5 Å². The second-order valence-corrected chi connectivity index (χ2v) is 8.49. The summed E-state index contributed by atoms with van der Waals surface area (Å²) < 4.78 is 0.278. The van der Waals surface area contributed by atoms with E-state index in [0.29, 0.717) is 0 Å². The van der Waals surface area contributed by atoms with Crippen molar-refractivity contribution in [1.29, 1.82) is 0 Å². The van der Waals surface area contributed by atoms with Crippen LogP contribution >= 0.6 is 31.9 Å². The summed E-state index contributed by atoms with van der Waals surface area (Å²) in [5.74, 6) is 5.10. The molecule has 2 heteroatoms. The summed E-state index contributed by atoms with van der Waals surface area (Å²) in [6, 6.07) is 0. The van der Waals surface area contributed by atoms with Gasteiger partial charge in [-0.25, -0.2) is 0 Å². The van der Waals surface area contributed by atoms with Gasteiger partial charge in [-0.1, -0.05) is 56.2 Å². The Morgan fingerprint density at radius 3 is 1.92 bits per heavy atom. The van der Waals surface area contributed by atoms with Crippen molar-refractivity contribution < 1.29 is 0 Å². The van der Waals surface area contributed by atoms with Crippen molar-refractivity contribution in [3.63, 3.8) is 0 Å². The minimum absolute atomic E-state index is 0.278. The molecular formula is C11H10Br2. The van der Waals surface area contributed by atoms with E-state index in [0.717, 1.165) is 35.5 Å². The van der Waals surface area contributed by atoms with Crippen LogP contribution < -0.4 is 0 Å². The van der Waals surface area contributed by atoms with Crippen LogP contribution in [0, 0.1) is 35.5 Å². The maximum absolute atomic E-state index is 3.81. The summed E-state index contributed by atoms with van der Waals surface area (Å²) in [4.78, 5) is 0. The maximum Gasteiger partial charge on any atom is 0.0880 e. The van der Waals surface area contributed by atoms with Gasteiger partial charge in [0.25, 0.3) is 0 Å². The van der Waals surface area contributed by atoms with Crippen LogP contribution in [0.2, 0.25) is 0 Å². The van der Waals surface area contributed by atoms with E-state index < -0.39 is 0 Å². The van der Waals surface area contributed by atoms with E-state index in [-0.39, 0.29) is 3.23 Å². The molecule has 4 rings (SSSR count). The van der Waals surface area contributed by atoms with Crippen molar-refractivity contribution in [2.75, 3.05) is 0 Å². The van der Waals surface area contributed by atoms with Gasteiger partial charge in [-0.15, -0.1) is 0 Å². The zero-order valence-electron chi connectivity index (χ0n) is 7.03. The number of rotatable bonds is 0. The van der Waals surface area contributed by atoms with Crippen LogP contribution in [-0.2, 0) is 0 Å². The highest BCUT2D eigenvalue weighted by molar-refractivity contribution is 9.25. The molecule has 0 aliphatic heterocycles. The minimum Gasteiger partial charge on any atom is -0.0841 e. The van der Waals surface area contributed by atoms with E-state index in [9.17, 15) is 0 Å². The molecule has 0 amide bonds. The standard InChI is InChI=1S/C11H10Br2/c12-11(13)9-6-3-1-5-2-4-7(8(5)6)10(9)11/h1-10H/t5?,6-,7+,8?,9-,10-/m1/s1. The second kappa shape index (κ2) is 2.01. The van der Waals surface area contributed by atoms with Crippen molar-refractivity contribution in [3.05, 3.63) is 24.3 Å². The van der Waals surface area contributed by atoms with Crippen molar-refractivity contribution in [2.45, 2.75) is 3.23 Å². The number of alkyl halides is 2. The Hall–Kier alpha value is 0.440. The largest absolute Gasteiger partial charge is 0.0880 e. The van der Waals surface area contributed by atoms with Crippen LogP contribution in [0.4, 0.5) is 0 Å². The maximum atomic E-state index is 3.81. The first kappa shape index (κ1) is 7.70. The molecule has 2 fully saturated rings. The van der Waals surface area contributed by atoms with Gasteiger partial charge in [0.15, 0.2) is 0 Å². The Bertz CT molecular complexity index is 312. The predicted octanol–water partition coefficient (Wildman–Crippen LogP) is 3.34. The molecule has 0 spiro atoms. The summed E-state index contributed by atoms with van der Waals surface area (Å²) in [5, 5.41) is 0.